The highest BCUT2D eigenvalue weighted by molar-refractivity contribution is 7.89. The third kappa shape index (κ3) is 3.18. The summed E-state index contributed by atoms with van der Waals surface area (Å²) in [7, 11) is -2.00. The standard InChI is InChI=1S/C14H22N4O5S/c1-10-13(3-15-16(10)2)24(21,22)18-5-11-4-17(7-14(19)20)6-12(18)9-23-8-11/h3,11-12H,4-9H2,1-2H3,(H,19,20)/t11-,12-/m0/s1. The third-order valence-electron chi connectivity index (χ3n) is 4.63. The first kappa shape index (κ1) is 17.3. The number of nitrogens with zero attached hydrogens (tertiary/aromatic N) is 4. The van der Waals surface area contributed by atoms with Crippen molar-refractivity contribution >= 4 is 16.0 Å². The first-order valence-electron chi connectivity index (χ1n) is 7.81. The highest BCUT2D eigenvalue weighted by Gasteiger charge is 2.41. The molecule has 0 saturated carbocycles. The predicted octanol–water partition coefficient (Wildman–Crippen LogP) is -0.866. The molecule has 2 bridgehead atoms. The Morgan fingerprint density at radius 3 is 2.75 bits per heavy atom. The van der Waals surface area contributed by atoms with Crippen molar-refractivity contribution in [2.45, 2.75) is 17.9 Å². The minimum Gasteiger partial charge on any atom is -0.480 e. The van der Waals surface area contributed by atoms with Gasteiger partial charge in [-0.05, 0) is 6.92 Å². The molecule has 0 unspecified atom stereocenters. The lowest BCUT2D eigenvalue weighted by molar-refractivity contribution is -0.138. The Bertz CT molecular complexity index is 732. The van der Waals surface area contributed by atoms with Crippen LogP contribution in [-0.4, -0.2) is 83.9 Å². The minimum absolute atomic E-state index is 0.0522. The van der Waals surface area contributed by atoms with Crippen molar-refractivity contribution in [1.82, 2.24) is 19.0 Å². The Balaban J connectivity index is 1.93. The summed E-state index contributed by atoms with van der Waals surface area (Å²) in [5.74, 6) is -0.961. The van der Waals surface area contributed by atoms with Gasteiger partial charge in [0, 0.05) is 32.6 Å². The summed E-state index contributed by atoms with van der Waals surface area (Å²) in [6.07, 6.45) is 1.37. The molecule has 0 aliphatic carbocycles. The molecular formula is C14H22N4O5S. The highest BCUT2D eigenvalue weighted by atomic mass is 32.2. The normalized spacial score (nSPS) is 26.2. The maximum atomic E-state index is 13.1. The van der Waals surface area contributed by atoms with Crippen LogP contribution in [0.4, 0.5) is 0 Å². The van der Waals surface area contributed by atoms with Crippen molar-refractivity contribution in [3.8, 4) is 0 Å². The van der Waals surface area contributed by atoms with Crippen molar-refractivity contribution in [2.24, 2.45) is 13.0 Å². The summed E-state index contributed by atoms with van der Waals surface area (Å²) < 4.78 is 34.9. The molecule has 2 aliphatic heterocycles. The van der Waals surface area contributed by atoms with Crippen molar-refractivity contribution in [3.63, 3.8) is 0 Å². The Hall–Kier alpha value is -1.49. The number of aryl methyl sites for hydroxylation is 1. The molecule has 0 radical (unpaired) electrons. The van der Waals surface area contributed by atoms with Crippen LogP contribution in [-0.2, 0) is 26.6 Å². The lowest BCUT2D eigenvalue weighted by Gasteiger charge is -2.29. The van der Waals surface area contributed by atoms with Crippen LogP contribution < -0.4 is 0 Å². The largest absolute Gasteiger partial charge is 0.480 e. The fourth-order valence-electron chi connectivity index (χ4n) is 3.37. The summed E-state index contributed by atoms with van der Waals surface area (Å²) in [5, 5.41) is 13.1. The zero-order valence-corrected chi connectivity index (χ0v) is 14.6. The molecule has 134 valence electrons. The minimum atomic E-state index is -3.71. The van der Waals surface area contributed by atoms with Gasteiger partial charge in [0.15, 0.2) is 0 Å². The first-order chi connectivity index (χ1) is 11.3. The molecule has 3 rings (SSSR count). The Morgan fingerprint density at radius 2 is 2.12 bits per heavy atom. The van der Waals surface area contributed by atoms with E-state index in [-0.39, 0.29) is 24.0 Å². The molecule has 1 aromatic rings. The van der Waals surface area contributed by atoms with E-state index in [1.807, 2.05) is 0 Å². The van der Waals surface area contributed by atoms with Crippen LogP contribution in [0.5, 0.6) is 0 Å². The summed E-state index contributed by atoms with van der Waals surface area (Å²) >= 11 is 0. The molecular weight excluding hydrogens is 336 g/mol. The molecule has 2 aliphatic rings. The lowest BCUT2D eigenvalue weighted by atomic mass is 10.1. The average Bonchev–Trinajstić information content (AvgIpc) is 2.64. The number of hydrogen-bond acceptors (Lipinski definition) is 6. The molecule has 1 N–H and O–H groups in total. The van der Waals surface area contributed by atoms with Gasteiger partial charge < -0.3 is 9.84 Å². The summed E-state index contributed by atoms with van der Waals surface area (Å²) in [5.41, 5.74) is 0.581. The summed E-state index contributed by atoms with van der Waals surface area (Å²) in [6, 6.07) is -0.401. The van der Waals surface area contributed by atoms with Crippen LogP contribution >= 0.6 is 0 Å². The summed E-state index contributed by atoms with van der Waals surface area (Å²) in [4.78, 5) is 13.0. The van der Waals surface area contributed by atoms with E-state index in [2.05, 4.69) is 5.10 Å². The Morgan fingerprint density at radius 1 is 1.38 bits per heavy atom. The van der Waals surface area contributed by atoms with Crippen LogP contribution in [0.25, 0.3) is 0 Å². The van der Waals surface area contributed by atoms with E-state index in [0.29, 0.717) is 31.9 Å². The van der Waals surface area contributed by atoms with E-state index in [0.717, 1.165) is 0 Å². The number of carboxylic acids is 1. The summed E-state index contributed by atoms with van der Waals surface area (Å²) in [6.45, 7) is 3.53. The van der Waals surface area contributed by atoms with E-state index in [1.54, 1.807) is 18.9 Å². The van der Waals surface area contributed by atoms with Crippen molar-refractivity contribution in [2.75, 3.05) is 39.4 Å². The van der Waals surface area contributed by atoms with Crippen LogP contribution in [0, 0.1) is 12.8 Å². The molecule has 10 heteroatoms. The smallest absolute Gasteiger partial charge is 0.317 e. The number of aromatic nitrogens is 2. The fourth-order valence-corrected chi connectivity index (χ4v) is 5.24. The zero-order chi connectivity index (χ0) is 17.5. The topological polar surface area (TPSA) is 105 Å². The van der Waals surface area contributed by atoms with Gasteiger partial charge in [-0.2, -0.15) is 9.40 Å². The number of rotatable bonds is 4. The van der Waals surface area contributed by atoms with E-state index in [1.165, 1.54) is 15.2 Å². The second-order valence-electron chi connectivity index (χ2n) is 6.44. The SMILES string of the molecule is Cc1c(S(=O)(=O)N2C[C@H]3COC[C@@H]2CN(CC(=O)O)C3)cnn1C. The molecule has 2 atom stereocenters. The molecule has 24 heavy (non-hydrogen) atoms. The van der Waals surface area contributed by atoms with Gasteiger partial charge >= 0.3 is 5.97 Å². The fraction of sp³-hybridized carbons (Fsp3) is 0.714. The van der Waals surface area contributed by atoms with Gasteiger partial charge in [-0.1, -0.05) is 0 Å². The monoisotopic (exact) mass is 358 g/mol. The molecule has 1 aromatic heterocycles. The molecule has 0 amide bonds. The zero-order valence-electron chi connectivity index (χ0n) is 13.8. The maximum absolute atomic E-state index is 13.1. The highest BCUT2D eigenvalue weighted by Crippen LogP contribution is 2.27. The van der Waals surface area contributed by atoms with E-state index >= 15 is 0 Å². The van der Waals surface area contributed by atoms with Crippen molar-refractivity contribution in [1.29, 1.82) is 0 Å². The van der Waals surface area contributed by atoms with Gasteiger partial charge in [0.25, 0.3) is 0 Å². The number of sulfonamides is 1. The van der Waals surface area contributed by atoms with E-state index < -0.39 is 22.0 Å². The molecule has 0 aromatic carbocycles. The molecule has 3 heterocycles. The van der Waals surface area contributed by atoms with Gasteiger partial charge in [-0.15, -0.1) is 0 Å². The van der Waals surface area contributed by atoms with E-state index in [9.17, 15) is 13.2 Å². The van der Waals surface area contributed by atoms with Crippen molar-refractivity contribution in [3.05, 3.63) is 11.9 Å². The van der Waals surface area contributed by atoms with Gasteiger partial charge in [-0.25, -0.2) is 8.42 Å². The van der Waals surface area contributed by atoms with Crippen molar-refractivity contribution < 1.29 is 23.1 Å². The average molecular weight is 358 g/mol. The Kier molecular flexibility index (Phi) is 4.65. The second-order valence-corrected chi connectivity index (χ2v) is 8.30. The molecule has 0 spiro atoms. The number of ether oxygens (including phenoxy) is 1. The first-order valence-corrected chi connectivity index (χ1v) is 9.25. The number of fused-ring (bicyclic) bond motifs is 3. The second kappa shape index (κ2) is 6.43. The Labute approximate surface area is 140 Å². The number of carbonyl (C=O) groups is 1. The van der Waals surface area contributed by atoms with Gasteiger partial charge in [-0.3, -0.25) is 14.4 Å². The van der Waals surface area contributed by atoms with E-state index in [4.69, 9.17) is 9.84 Å². The number of carboxylic acid groups (broad SMARTS) is 1. The number of aliphatic carboxylic acids is 1. The third-order valence-corrected chi connectivity index (χ3v) is 6.65. The van der Waals surface area contributed by atoms with Crippen LogP contribution in [0.2, 0.25) is 0 Å². The van der Waals surface area contributed by atoms with Gasteiger partial charge in [0.2, 0.25) is 10.0 Å². The predicted molar refractivity (Wildman–Crippen MR) is 84.0 cm³/mol. The maximum Gasteiger partial charge on any atom is 0.317 e. The quantitative estimate of drug-likeness (QED) is 0.746. The van der Waals surface area contributed by atoms with Crippen LogP contribution in [0.15, 0.2) is 11.1 Å². The molecule has 2 saturated heterocycles. The number of hydrogen-bond donors (Lipinski definition) is 1. The lowest BCUT2D eigenvalue weighted by Crippen LogP contribution is -2.47. The van der Waals surface area contributed by atoms with Crippen LogP contribution in [0.1, 0.15) is 5.69 Å². The van der Waals surface area contributed by atoms with Gasteiger partial charge in [0.1, 0.15) is 4.90 Å². The molecule has 2 fully saturated rings. The van der Waals surface area contributed by atoms with Crippen LogP contribution in [0.3, 0.4) is 0 Å². The molecule has 9 nitrogen and oxygen atoms in total. The van der Waals surface area contributed by atoms with Gasteiger partial charge in [0.05, 0.1) is 37.7 Å².